The average Bonchev–Trinajstić information content (AvgIpc) is 3.00. The van der Waals surface area contributed by atoms with Gasteiger partial charge < -0.3 is 25.8 Å². The first-order chi connectivity index (χ1) is 19.7. The van der Waals surface area contributed by atoms with Gasteiger partial charge in [-0.3, -0.25) is 14.7 Å². The lowest BCUT2D eigenvalue weighted by Gasteiger charge is -2.40. The SMILES string of the molecule is Nc1cc(N2CCN(CCOCCO)CC2)nc(NCc2ccc(CN3CCN(C4CCCCC4)CC3)cc2)n1. The Morgan fingerprint density at radius 1 is 0.850 bits per heavy atom. The van der Waals surface area contributed by atoms with Gasteiger partial charge >= 0.3 is 0 Å². The highest BCUT2D eigenvalue weighted by atomic mass is 16.5. The number of aromatic nitrogens is 2. The fraction of sp³-hybridized carbons (Fsp3) is 0.667. The third kappa shape index (κ3) is 8.50. The van der Waals surface area contributed by atoms with Crippen LogP contribution in [0.25, 0.3) is 0 Å². The van der Waals surface area contributed by atoms with E-state index >= 15 is 0 Å². The molecule has 10 nitrogen and oxygen atoms in total. The Balaban J connectivity index is 1.05. The molecule has 40 heavy (non-hydrogen) atoms. The molecular weight excluding hydrogens is 504 g/mol. The van der Waals surface area contributed by atoms with Crippen LogP contribution in [0.3, 0.4) is 0 Å². The van der Waals surface area contributed by atoms with Gasteiger partial charge in [0.05, 0.1) is 19.8 Å². The first-order valence-electron chi connectivity index (χ1n) is 15.2. The van der Waals surface area contributed by atoms with Crippen LogP contribution in [0, 0.1) is 0 Å². The molecule has 1 aromatic heterocycles. The minimum absolute atomic E-state index is 0.0721. The number of hydrogen-bond acceptors (Lipinski definition) is 10. The van der Waals surface area contributed by atoms with Gasteiger partial charge in [-0.05, 0) is 24.0 Å². The van der Waals surface area contributed by atoms with E-state index in [1.165, 1.54) is 69.4 Å². The van der Waals surface area contributed by atoms with Crippen LogP contribution >= 0.6 is 0 Å². The molecule has 1 aliphatic carbocycles. The smallest absolute Gasteiger partial charge is 0.226 e. The van der Waals surface area contributed by atoms with Crippen molar-refractivity contribution in [2.75, 3.05) is 94.7 Å². The highest BCUT2D eigenvalue weighted by Crippen LogP contribution is 2.24. The van der Waals surface area contributed by atoms with E-state index in [2.05, 4.69) is 54.2 Å². The number of nitrogens with zero attached hydrogens (tertiary/aromatic N) is 6. The molecule has 0 atom stereocenters. The Bertz CT molecular complexity index is 1020. The maximum Gasteiger partial charge on any atom is 0.226 e. The number of hydrogen-bond donors (Lipinski definition) is 3. The predicted octanol–water partition coefficient (Wildman–Crippen LogP) is 2.25. The van der Waals surface area contributed by atoms with Gasteiger partial charge in [-0.1, -0.05) is 43.5 Å². The highest BCUT2D eigenvalue weighted by molar-refractivity contribution is 5.52. The second-order valence-electron chi connectivity index (χ2n) is 11.4. The summed E-state index contributed by atoms with van der Waals surface area (Å²) in [6, 6.07) is 11.6. The van der Waals surface area contributed by atoms with Crippen molar-refractivity contribution >= 4 is 17.6 Å². The molecule has 2 aliphatic heterocycles. The number of aliphatic hydroxyl groups excluding tert-OH is 1. The molecule has 3 aliphatic rings. The van der Waals surface area contributed by atoms with Crippen molar-refractivity contribution < 1.29 is 9.84 Å². The van der Waals surface area contributed by atoms with Crippen molar-refractivity contribution in [1.82, 2.24) is 24.7 Å². The van der Waals surface area contributed by atoms with E-state index in [9.17, 15) is 0 Å². The summed E-state index contributed by atoms with van der Waals surface area (Å²) in [7, 11) is 0. The molecule has 0 unspecified atom stereocenters. The molecule has 2 aromatic rings. The number of nitrogens with one attached hydrogen (secondary N) is 1. The zero-order chi connectivity index (χ0) is 27.6. The Morgan fingerprint density at radius 2 is 1.55 bits per heavy atom. The minimum Gasteiger partial charge on any atom is -0.394 e. The van der Waals surface area contributed by atoms with E-state index in [-0.39, 0.29) is 6.61 Å². The molecule has 0 bridgehead atoms. The predicted molar refractivity (Wildman–Crippen MR) is 160 cm³/mol. The first-order valence-corrected chi connectivity index (χ1v) is 15.2. The van der Waals surface area contributed by atoms with Crippen molar-refractivity contribution in [2.24, 2.45) is 0 Å². The number of ether oxygens (including phenoxy) is 1. The van der Waals surface area contributed by atoms with E-state index in [1.54, 1.807) is 0 Å². The molecule has 0 amide bonds. The lowest BCUT2D eigenvalue weighted by atomic mass is 9.94. The molecular formula is C30H48N8O2. The Kier molecular flexibility index (Phi) is 10.8. The van der Waals surface area contributed by atoms with Crippen molar-refractivity contribution in [1.29, 1.82) is 0 Å². The number of nitrogens with two attached hydrogens (primary N) is 1. The zero-order valence-corrected chi connectivity index (χ0v) is 24.0. The molecule has 0 radical (unpaired) electrons. The number of benzene rings is 1. The van der Waals surface area contributed by atoms with Crippen LogP contribution in [-0.2, 0) is 17.8 Å². The largest absolute Gasteiger partial charge is 0.394 e. The first kappa shape index (κ1) is 29.0. The Labute approximate surface area is 239 Å². The number of piperazine rings is 2. The molecule has 3 heterocycles. The highest BCUT2D eigenvalue weighted by Gasteiger charge is 2.25. The van der Waals surface area contributed by atoms with Crippen LogP contribution < -0.4 is 16.0 Å². The van der Waals surface area contributed by atoms with E-state index in [1.807, 2.05) is 6.07 Å². The quantitative estimate of drug-likeness (QED) is 0.340. The summed E-state index contributed by atoms with van der Waals surface area (Å²) >= 11 is 0. The number of aliphatic hydroxyl groups is 1. The molecule has 4 N–H and O–H groups in total. The van der Waals surface area contributed by atoms with Crippen LogP contribution in [-0.4, -0.2) is 115 Å². The molecule has 0 spiro atoms. The van der Waals surface area contributed by atoms with Gasteiger partial charge in [-0.15, -0.1) is 0 Å². The van der Waals surface area contributed by atoms with Crippen LogP contribution in [0.5, 0.6) is 0 Å². The van der Waals surface area contributed by atoms with Crippen molar-refractivity contribution in [3.8, 4) is 0 Å². The summed E-state index contributed by atoms with van der Waals surface area (Å²) in [6.45, 7) is 12.1. The van der Waals surface area contributed by atoms with Crippen LogP contribution in [0.4, 0.5) is 17.6 Å². The van der Waals surface area contributed by atoms with Crippen molar-refractivity contribution in [3.63, 3.8) is 0 Å². The third-order valence-electron chi connectivity index (χ3n) is 8.59. The Hall–Kier alpha value is -2.50. The summed E-state index contributed by atoms with van der Waals surface area (Å²) in [5.74, 6) is 1.91. The zero-order valence-electron chi connectivity index (χ0n) is 24.0. The average molecular weight is 553 g/mol. The summed E-state index contributed by atoms with van der Waals surface area (Å²) in [6.07, 6.45) is 7.06. The van der Waals surface area contributed by atoms with E-state index in [0.717, 1.165) is 51.1 Å². The summed E-state index contributed by atoms with van der Waals surface area (Å²) in [5.41, 5.74) is 8.72. The van der Waals surface area contributed by atoms with Crippen molar-refractivity contribution in [3.05, 3.63) is 41.5 Å². The maximum absolute atomic E-state index is 8.84. The topological polar surface area (TPSA) is 106 Å². The van der Waals surface area contributed by atoms with Crippen molar-refractivity contribution in [2.45, 2.75) is 51.2 Å². The summed E-state index contributed by atoms with van der Waals surface area (Å²) in [5, 5.41) is 12.2. The molecule has 3 fully saturated rings. The second-order valence-corrected chi connectivity index (χ2v) is 11.4. The molecule has 220 valence electrons. The molecule has 10 heteroatoms. The van der Waals surface area contributed by atoms with Gasteiger partial charge in [-0.25, -0.2) is 0 Å². The van der Waals surface area contributed by atoms with Crippen LogP contribution in [0.15, 0.2) is 30.3 Å². The minimum atomic E-state index is 0.0721. The van der Waals surface area contributed by atoms with Gasteiger partial charge in [-0.2, -0.15) is 9.97 Å². The number of rotatable bonds is 12. The third-order valence-corrected chi connectivity index (χ3v) is 8.59. The fourth-order valence-electron chi connectivity index (χ4n) is 6.19. The Morgan fingerprint density at radius 3 is 2.27 bits per heavy atom. The van der Waals surface area contributed by atoms with E-state index < -0.39 is 0 Å². The van der Waals surface area contributed by atoms with E-state index in [0.29, 0.717) is 31.5 Å². The van der Waals surface area contributed by atoms with Gasteiger partial charge in [0.25, 0.3) is 0 Å². The number of nitrogen functional groups attached to an aromatic ring is 1. The van der Waals surface area contributed by atoms with Gasteiger partial charge in [0, 0.05) is 84.1 Å². The molecule has 2 saturated heterocycles. The lowest BCUT2D eigenvalue weighted by molar-refractivity contribution is 0.0724. The van der Waals surface area contributed by atoms with Crippen LogP contribution in [0.2, 0.25) is 0 Å². The summed E-state index contributed by atoms with van der Waals surface area (Å²) in [4.78, 5) is 19.2. The van der Waals surface area contributed by atoms with Gasteiger partial charge in [0.15, 0.2) is 0 Å². The molecule has 1 aromatic carbocycles. The van der Waals surface area contributed by atoms with E-state index in [4.69, 9.17) is 20.6 Å². The maximum atomic E-state index is 8.84. The molecule has 1 saturated carbocycles. The second kappa shape index (κ2) is 14.9. The van der Waals surface area contributed by atoms with Crippen LogP contribution in [0.1, 0.15) is 43.2 Å². The lowest BCUT2D eigenvalue weighted by Crippen LogP contribution is -2.50. The monoisotopic (exact) mass is 552 g/mol. The summed E-state index contributed by atoms with van der Waals surface area (Å²) < 4.78 is 5.40. The fourth-order valence-corrected chi connectivity index (χ4v) is 6.19. The van der Waals surface area contributed by atoms with Gasteiger partial charge in [0.1, 0.15) is 11.6 Å². The number of anilines is 3. The standard InChI is InChI=1S/C30H48N8O2/c31-28-22-29(38-16-10-35(11-17-38)18-20-40-21-19-39)34-30(33-28)32-23-25-6-8-26(9-7-25)24-36-12-14-37(15-13-36)27-4-2-1-3-5-27/h6-9,22,27,39H,1-5,10-21,23-24H2,(H3,31,32,33,34). The van der Waals surface area contributed by atoms with Gasteiger partial charge in [0.2, 0.25) is 5.95 Å². The molecule has 5 rings (SSSR count). The normalized spacial score (nSPS) is 20.2.